The minimum Gasteiger partial charge on any atom is -0.477 e. The van der Waals surface area contributed by atoms with Gasteiger partial charge in [-0.2, -0.15) is 0 Å². The molecule has 2 aromatic rings. The van der Waals surface area contributed by atoms with E-state index in [0.29, 0.717) is 5.52 Å². The molecule has 2 N–H and O–H groups in total. The number of hydrogen-bond acceptors (Lipinski definition) is 4. The fraction of sp³-hybridized carbons (Fsp3) is 0. The van der Waals surface area contributed by atoms with Gasteiger partial charge in [0.15, 0.2) is 11.3 Å². The third-order valence-corrected chi connectivity index (χ3v) is 1.66. The highest BCUT2D eigenvalue weighted by Gasteiger charge is 2.05. The SMILES string of the molecule is O=C(O)c1ccc2[nH]c(=O)cnc2n1. The van der Waals surface area contributed by atoms with E-state index in [-0.39, 0.29) is 16.9 Å². The Labute approximate surface area is 77.3 Å². The fourth-order valence-electron chi connectivity index (χ4n) is 1.05. The van der Waals surface area contributed by atoms with Crippen molar-refractivity contribution in [3.63, 3.8) is 0 Å². The second kappa shape index (κ2) is 2.91. The Kier molecular flexibility index (Phi) is 1.74. The molecule has 2 aromatic heterocycles. The van der Waals surface area contributed by atoms with E-state index in [2.05, 4.69) is 15.0 Å². The van der Waals surface area contributed by atoms with E-state index in [1.165, 1.54) is 12.1 Å². The zero-order valence-electron chi connectivity index (χ0n) is 6.89. The van der Waals surface area contributed by atoms with Crippen molar-refractivity contribution in [2.24, 2.45) is 0 Å². The first-order valence-electron chi connectivity index (χ1n) is 3.76. The maximum absolute atomic E-state index is 10.8. The number of rotatable bonds is 1. The number of H-pyrrole nitrogens is 1. The molecule has 6 heteroatoms. The molecule has 0 bridgehead atoms. The van der Waals surface area contributed by atoms with Gasteiger partial charge in [0.25, 0.3) is 5.56 Å². The molecule has 0 aliphatic carbocycles. The van der Waals surface area contributed by atoms with E-state index in [0.717, 1.165) is 6.20 Å². The van der Waals surface area contributed by atoms with Gasteiger partial charge in [-0.05, 0) is 12.1 Å². The monoisotopic (exact) mass is 191 g/mol. The smallest absolute Gasteiger partial charge is 0.354 e. The molecule has 2 heterocycles. The lowest BCUT2D eigenvalue weighted by Gasteiger charge is -1.96. The van der Waals surface area contributed by atoms with Crippen molar-refractivity contribution in [1.29, 1.82) is 0 Å². The van der Waals surface area contributed by atoms with Gasteiger partial charge in [0.2, 0.25) is 0 Å². The van der Waals surface area contributed by atoms with Crippen LogP contribution in [-0.2, 0) is 0 Å². The third-order valence-electron chi connectivity index (χ3n) is 1.66. The summed E-state index contributed by atoms with van der Waals surface area (Å²) in [6.07, 6.45) is 1.06. The van der Waals surface area contributed by atoms with E-state index >= 15 is 0 Å². The highest BCUT2D eigenvalue weighted by Crippen LogP contribution is 2.04. The second-order valence-electron chi connectivity index (χ2n) is 2.62. The molecule has 0 saturated carbocycles. The van der Waals surface area contributed by atoms with Crippen molar-refractivity contribution in [1.82, 2.24) is 15.0 Å². The number of carboxylic acids is 1. The number of carboxylic acid groups (broad SMARTS) is 1. The lowest BCUT2D eigenvalue weighted by atomic mass is 10.3. The summed E-state index contributed by atoms with van der Waals surface area (Å²) in [5, 5.41) is 8.64. The van der Waals surface area contributed by atoms with Gasteiger partial charge in [0, 0.05) is 0 Å². The van der Waals surface area contributed by atoms with Gasteiger partial charge in [-0.25, -0.2) is 14.8 Å². The number of fused-ring (bicyclic) bond motifs is 1. The van der Waals surface area contributed by atoms with Gasteiger partial charge < -0.3 is 10.1 Å². The van der Waals surface area contributed by atoms with Crippen LogP contribution in [0.3, 0.4) is 0 Å². The molecule has 0 fully saturated rings. The molecule has 6 nitrogen and oxygen atoms in total. The summed E-state index contributed by atoms with van der Waals surface area (Å²) in [5.74, 6) is -1.13. The minimum absolute atomic E-state index is 0.1000. The zero-order valence-corrected chi connectivity index (χ0v) is 6.89. The number of carbonyl (C=O) groups is 1. The molecule has 70 valence electrons. The van der Waals surface area contributed by atoms with E-state index in [1.54, 1.807) is 0 Å². The number of pyridine rings is 1. The molecule has 0 saturated heterocycles. The summed E-state index contributed by atoms with van der Waals surface area (Å²) >= 11 is 0. The summed E-state index contributed by atoms with van der Waals surface area (Å²) < 4.78 is 0. The Bertz CT molecular complexity index is 561. The number of nitrogens with one attached hydrogen (secondary N) is 1. The molecule has 0 aliphatic heterocycles. The van der Waals surface area contributed by atoms with Gasteiger partial charge in [-0.1, -0.05) is 0 Å². The average molecular weight is 191 g/mol. The third kappa shape index (κ3) is 1.33. The number of aromatic carboxylic acids is 1. The Morgan fingerprint density at radius 1 is 1.43 bits per heavy atom. The van der Waals surface area contributed by atoms with Gasteiger partial charge in [0.05, 0.1) is 11.7 Å². The zero-order chi connectivity index (χ0) is 10.1. The van der Waals surface area contributed by atoms with Crippen LogP contribution in [0.2, 0.25) is 0 Å². The Hall–Kier alpha value is -2.24. The Balaban J connectivity index is 2.73. The molecule has 0 aliphatic rings. The predicted octanol–water partition coefficient (Wildman–Crippen LogP) is 0.0163. The van der Waals surface area contributed by atoms with Crippen molar-refractivity contribution < 1.29 is 9.90 Å². The Morgan fingerprint density at radius 2 is 2.21 bits per heavy atom. The lowest BCUT2D eigenvalue weighted by molar-refractivity contribution is 0.0691. The number of aromatic amines is 1. The van der Waals surface area contributed by atoms with Gasteiger partial charge in [-0.3, -0.25) is 4.79 Å². The summed E-state index contributed by atoms with van der Waals surface area (Å²) in [6.45, 7) is 0. The topological polar surface area (TPSA) is 95.9 Å². The fourth-order valence-corrected chi connectivity index (χ4v) is 1.05. The first kappa shape index (κ1) is 8.36. The van der Waals surface area contributed by atoms with E-state index < -0.39 is 5.97 Å². The molecule has 0 radical (unpaired) electrons. The molecule has 0 atom stereocenters. The summed E-state index contributed by atoms with van der Waals surface area (Å²) in [7, 11) is 0. The van der Waals surface area contributed by atoms with Crippen LogP contribution in [0.15, 0.2) is 23.1 Å². The maximum atomic E-state index is 10.8. The highest BCUT2D eigenvalue weighted by atomic mass is 16.4. The number of aromatic nitrogens is 3. The molecule has 14 heavy (non-hydrogen) atoms. The highest BCUT2D eigenvalue weighted by molar-refractivity contribution is 5.87. The van der Waals surface area contributed by atoms with Crippen LogP contribution in [0.25, 0.3) is 11.2 Å². The number of nitrogens with zero attached hydrogens (tertiary/aromatic N) is 2. The van der Waals surface area contributed by atoms with Crippen LogP contribution in [0.1, 0.15) is 10.5 Å². The molecule has 0 amide bonds. The standard InChI is InChI=1S/C8H5N3O3/c12-6-3-9-7-4(10-6)1-2-5(11-7)8(13)14/h1-3H,(H,10,12)(H,13,14). The minimum atomic E-state index is -1.13. The predicted molar refractivity (Wildman–Crippen MR) is 47.1 cm³/mol. The van der Waals surface area contributed by atoms with Crippen molar-refractivity contribution in [2.75, 3.05) is 0 Å². The van der Waals surface area contributed by atoms with Crippen molar-refractivity contribution >= 4 is 17.1 Å². The molecule has 0 spiro atoms. The van der Waals surface area contributed by atoms with Crippen LogP contribution in [0.4, 0.5) is 0 Å². The van der Waals surface area contributed by atoms with E-state index in [1.807, 2.05) is 0 Å². The van der Waals surface area contributed by atoms with Gasteiger partial charge in [-0.15, -0.1) is 0 Å². The number of hydrogen-bond donors (Lipinski definition) is 2. The van der Waals surface area contributed by atoms with Crippen molar-refractivity contribution in [3.05, 3.63) is 34.4 Å². The van der Waals surface area contributed by atoms with Crippen LogP contribution >= 0.6 is 0 Å². The van der Waals surface area contributed by atoms with E-state index in [4.69, 9.17) is 5.11 Å². The first-order chi connectivity index (χ1) is 6.66. The van der Waals surface area contributed by atoms with Crippen molar-refractivity contribution in [3.8, 4) is 0 Å². The van der Waals surface area contributed by atoms with Crippen LogP contribution < -0.4 is 5.56 Å². The van der Waals surface area contributed by atoms with Crippen LogP contribution in [0.5, 0.6) is 0 Å². The first-order valence-corrected chi connectivity index (χ1v) is 3.76. The molecule has 2 rings (SSSR count). The quantitative estimate of drug-likeness (QED) is 0.662. The van der Waals surface area contributed by atoms with Gasteiger partial charge >= 0.3 is 5.97 Å². The summed E-state index contributed by atoms with van der Waals surface area (Å²) in [6, 6.07) is 2.77. The molecular formula is C8H5N3O3. The largest absolute Gasteiger partial charge is 0.477 e. The van der Waals surface area contributed by atoms with Gasteiger partial charge in [0.1, 0.15) is 0 Å². The summed E-state index contributed by atoms with van der Waals surface area (Å²) in [5.41, 5.74) is 0.187. The van der Waals surface area contributed by atoms with Crippen LogP contribution in [-0.4, -0.2) is 26.0 Å². The van der Waals surface area contributed by atoms with Crippen LogP contribution in [0, 0.1) is 0 Å². The Morgan fingerprint density at radius 3 is 2.93 bits per heavy atom. The second-order valence-corrected chi connectivity index (χ2v) is 2.62. The summed E-state index contributed by atoms with van der Waals surface area (Å²) in [4.78, 5) is 31.3. The maximum Gasteiger partial charge on any atom is 0.354 e. The average Bonchev–Trinajstić information content (AvgIpc) is 2.16. The normalized spacial score (nSPS) is 10.3. The molecular weight excluding hydrogens is 186 g/mol. The molecule has 0 unspecified atom stereocenters. The van der Waals surface area contributed by atoms with Crippen molar-refractivity contribution in [2.45, 2.75) is 0 Å². The molecule has 0 aromatic carbocycles. The lowest BCUT2D eigenvalue weighted by Crippen LogP contribution is -2.07. The van der Waals surface area contributed by atoms with E-state index in [9.17, 15) is 9.59 Å².